The zero-order valence-corrected chi connectivity index (χ0v) is 8.52. The number of ether oxygens (including phenoxy) is 1. The molecule has 1 heterocycles. The highest BCUT2D eigenvalue weighted by molar-refractivity contribution is 5.93. The third-order valence-corrected chi connectivity index (χ3v) is 2.06. The van der Waals surface area contributed by atoms with E-state index in [9.17, 15) is 9.59 Å². The van der Waals surface area contributed by atoms with E-state index in [2.05, 4.69) is 11.8 Å². The molecule has 0 aromatic heterocycles. The van der Waals surface area contributed by atoms with Gasteiger partial charge in [0.15, 0.2) is 0 Å². The molecule has 0 saturated carbocycles. The third kappa shape index (κ3) is 3.60. The number of rotatable bonds is 2. The first-order valence-electron chi connectivity index (χ1n) is 4.68. The van der Waals surface area contributed by atoms with E-state index >= 15 is 0 Å². The second-order valence-corrected chi connectivity index (χ2v) is 3.22. The molecular formula is C10H13NO4. The lowest BCUT2D eigenvalue weighted by Crippen LogP contribution is -2.45. The smallest absolute Gasteiger partial charge is 0.306 e. The van der Waals surface area contributed by atoms with Gasteiger partial charge in [0, 0.05) is 13.1 Å². The zero-order valence-electron chi connectivity index (χ0n) is 8.52. The Hall–Kier alpha value is -1.54. The van der Waals surface area contributed by atoms with Crippen molar-refractivity contribution in [3.8, 4) is 11.8 Å². The van der Waals surface area contributed by atoms with Gasteiger partial charge in [-0.2, -0.15) is 0 Å². The molecule has 5 heteroatoms. The number of carbonyl (C=O) groups excluding carboxylic acids is 1. The Labute approximate surface area is 88.0 Å². The molecule has 5 nitrogen and oxygen atoms in total. The standard InChI is InChI=1S/C10H13NO4/c1-2-3-9(12)11-4-5-15-8(7-11)6-10(13)14/h8H,4-7H2,1H3,(H,13,14). The Morgan fingerprint density at radius 3 is 2.93 bits per heavy atom. The maximum absolute atomic E-state index is 11.4. The molecule has 0 aromatic carbocycles. The van der Waals surface area contributed by atoms with Gasteiger partial charge in [0.25, 0.3) is 5.91 Å². The summed E-state index contributed by atoms with van der Waals surface area (Å²) in [6, 6.07) is 0. The molecule has 1 unspecified atom stereocenters. The maximum atomic E-state index is 11.4. The van der Waals surface area contributed by atoms with Crippen LogP contribution in [0.4, 0.5) is 0 Å². The van der Waals surface area contributed by atoms with Crippen molar-refractivity contribution in [1.29, 1.82) is 0 Å². The summed E-state index contributed by atoms with van der Waals surface area (Å²) < 4.78 is 5.22. The van der Waals surface area contributed by atoms with Gasteiger partial charge in [-0.15, -0.1) is 0 Å². The molecule has 0 spiro atoms. The van der Waals surface area contributed by atoms with Crippen LogP contribution in [0.5, 0.6) is 0 Å². The van der Waals surface area contributed by atoms with E-state index in [4.69, 9.17) is 9.84 Å². The molecular weight excluding hydrogens is 198 g/mol. The Morgan fingerprint density at radius 1 is 1.60 bits per heavy atom. The van der Waals surface area contributed by atoms with Crippen LogP contribution in [0.3, 0.4) is 0 Å². The summed E-state index contributed by atoms with van der Waals surface area (Å²) >= 11 is 0. The number of hydrogen-bond donors (Lipinski definition) is 1. The van der Waals surface area contributed by atoms with Crippen molar-refractivity contribution in [2.45, 2.75) is 19.4 Å². The predicted octanol–water partition coefficient (Wildman–Crippen LogP) is -0.288. The van der Waals surface area contributed by atoms with Crippen molar-refractivity contribution in [1.82, 2.24) is 4.90 Å². The molecule has 0 aromatic rings. The van der Waals surface area contributed by atoms with Crippen LogP contribution in [0.15, 0.2) is 0 Å². The van der Waals surface area contributed by atoms with Crippen LogP contribution in [0.1, 0.15) is 13.3 Å². The van der Waals surface area contributed by atoms with Gasteiger partial charge in [0.2, 0.25) is 0 Å². The monoisotopic (exact) mass is 211 g/mol. The summed E-state index contributed by atoms with van der Waals surface area (Å²) in [5.41, 5.74) is 0. The molecule has 0 bridgehead atoms. The summed E-state index contributed by atoms with van der Waals surface area (Å²) in [7, 11) is 0. The molecule has 1 rings (SSSR count). The molecule has 1 atom stereocenters. The van der Waals surface area contributed by atoms with Crippen LogP contribution in [0, 0.1) is 11.8 Å². The van der Waals surface area contributed by atoms with Crippen molar-refractivity contribution in [3.63, 3.8) is 0 Å². The second kappa shape index (κ2) is 5.37. The quantitative estimate of drug-likeness (QED) is 0.637. The minimum Gasteiger partial charge on any atom is -0.481 e. The molecule has 1 fully saturated rings. The highest BCUT2D eigenvalue weighted by atomic mass is 16.5. The third-order valence-electron chi connectivity index (χ3n) is 2.06. The van der Waals surface area contributed by atoms with Crippen LogP contribution in [-0.2, 0) is 14.3 Å². The Kier molecular flexibility index (Phi) is 4.13. The number of morpholine rings is 1. The van der Waals surface area contributed by atoms with Crippen LogP contribution in [0.25, 0.3) is 0 Å². The van der Waals surface area contributed by atoms with Gasteiger partial charge in [-0.3, -0.25) is 9.59 Å². The lowest BCUT2D eigenvalue weighted by molar-refractivity contribution is -0.145. The van der Waals surface area contributed by atoms with Crippen LogP contribution >= 0.6 is 0 Å². The lowest BCUT2D eigenvalue weighted by Gasteiger charge is -2.30. The van der Waals surface area contributed by atoms with Gasteiger partial charge < -0.3 is 14.7 Å². The number of hydrogen-bond acceptors (Lipinski definition) is 3. The Bertz CT molecular complexity index is 315. The molecule has 1 aliphatic heterocycles. The van der Waals surface area contributed by atoms with Gasteiger partial charge in [-0.25, -0.2) is 0 Å². The van der Waals surface area contributed by atoms with Crippen molar-refractivity contribution >= 4 is 11.9 Å². The van der Waals surface area contributed by atoms with E-state index in [0.717, 1.165) is 0 Å². The van der Waals surface area contributed by atoms with Gasteiger partial charge >= 0.3 is 5.97 Å². The molecule has 1 aliphatic rings. The minimum atomic E-state index is -0.920. The van der Waals surface area contributed by atoms with E-state index < -0.39 is 12.1 Å². The topological polar surface area (TPSA) is 66.8 Å². The molecule has 0 aliphatic carbocycles. The van der Waals surface area contributed by atoms with Crippen LogP contribution in [0.2, 0.25) is 0 Å². The lowest BCUT2D eigenvalue weighted by atomic mass is 10.2. The number of aliphatic carboxylic acids is 1. The average molecular weight is 211 g/mol. The first kappa shape index (κ1) is 11.5. The van der Waals surface area contributed by atoms with E-state index in [-0.39, 0.29) is 12.3 Å². The van der Waals surface area contributed by atoms with Gasteiger partial charge in [0.1, 0.15) is 0 Å². The summed E-state index contributed by atoms with van der Waals surface area (Å²) in [6.45, 7) is 2.74. The molecule has 82 valence electrons. The van der Waals surface area contributed by atoms with Crippen molar-refractivity contribution in [2.24, 2.45) is 0 Å². The van der Waals surface area contributed by atoms with E-state index in [1.54, 1.807) is 6.92 Å². The fourth-order valence-corrected chi connectivity index (χ4v) is 1.41. The molecule has 1 N–H and O–H groups in total. The summed E-state index contributed by atoms with van der Waals surface area (Å²) in [6.07, 6.45) is -0.498. The number of nitrogens with zero attached hydrogens (tertiary/aromatic N) is 1. The average Bonchev–Trinajstić information content (AvgIpc) is 2.17. The van der Waals surface area contributed by atoms with Gasteiger partial charge in [-0.05, 0) is 12.8 Å². The van der Waals surface area contributed by atoms with Crippen molar-refractivity contribution in [2.75, 3.05) is 19.7 Å². The summed E-state index contributed by atoms with van der Waals surface area (Å²) in [5, 5.41) is 8.58. The number of amides is 1. The summed E-state index contributed by atoms with van der Waals surface area (Å²) in [4.78, 5) is 23.4. The fourth-order valence-electron chi connectivity index (χ4n) is 1.41. The second-order valence-electron chi connectivity index (χ2n) is 3.22. The first-order valence-corrected chi connectivity index (χ1v) is 4.68. The molecule has 1 amide bonds. The van der Waals surface area contributed by atoms with Crippen LogP contribution < -0.4 is 0 Å². The minimum absolute atomic E-state index is 0.0800. The Morgan fingerprint density at radius 2 is 2.33 bits per heavy atom. The van der Waals surface area contributed by atoms with Crippen molar-refractivity contribution < 1.29 is 19.4 Å². The number of carboxylic acids is 1. The van der Waals surface area contributed by atoms with E-state index in [1.165, 1.54) is 4.90 Å². The molecule has 1 saturated heterocycles. The highest BCUT2D eigenvalue weighted by Crippen LogP contribution is 2.08. The Balaban J connectivity index is 2.50. The van der Waals surface area contributed by atoms with Gasteiger partial charge in [-0.1, -0.05) is 5.92 Å². The first-order chi connectivity index (χ1) is 7.13. The maximum Gasteiger partial charge on any atom is 0.306 e. The highest BCUT2D eigenvalue weighted by Gasteiger charge is 2.24. The number of carbonyl (C=O) groups is 2. The number of carboxylic acid groups (broad SMARTS) is 1. The molecule has 0 radical (unpaired) electrons. The van der Waals surface area contributed by atoms with E-state index in [1.807, 2.05) is 0 Å². The summed E-state index contributed by atoms with van der Waals surface area (Å²) in [5.74, 6) is 3.76. The van der Waals surface area contributed by atoms with Crippen LogP contribution in [-0.4, -0.2) is 47.7 Å². The fraction of sp³-hybridized carbons (Fsp3) is 0.600. The normalized spacial score (nSPS) is 20.3. The zero-order chi connectivity index (χ0) is 11.3. The largest absolute Gasteiger partial charge is 0.481 e. The van der Waals surface area contributed by atoms with Gasteiger partial charge in [0.05, 0.1) is 19.1 Å². The SMILES string of the molecule is CC#CC(=O)N1CCOC(CC(=O)O)C1. The predicted molar refractivity (Wildman–Crippen MR) is 52.0 cm³/mol. The molecule has 15 heavy (non-hydrogen) atoms. The van der Waals surface area contributed by atoms with E-state index in [0.29, 0.717) is 19.7 Å². The van der Waals surface area contributed by atoms with Crippen molar-refractivity contribution in [3.05, 3.63) is 0 Å².